The fraction of sp³-hybridized carbons (Fsp3) is 0. The molecule has 0 saturated heterocycles. The highest BCUT2D eigenvalue weighted by molar-refractivity contribution is 7.45. The van der Waals surface area contributed by atoms with E-state index in [1.807, 2.05) is 0 Å². The third kappa shape index (κ3) is 7.03. The molecule has 0 radical (unpaired) electrons. The lowest BCUT2D eigenvalue weighted by Gasteiger charge is -2.00. The molecule has 0 aliphatic carbocycles. The summed E-state index contributed by atoms with van der Waals surface area (Å²) in [6, 6.07) is 3.15. The van der Waals surface area contributed by atoms with E-state index in [0.717, 1.165) is 12.1 Å². The van der Waals surface area contributed by atoms with Crippen LogP contribution in [0, 0.1) is 20.2 Å². The number of nitrogens with zero attached hydrogens (tertiary/aromatic N) is 2. The van der Waals surface area contributed by atoms with Crippen molar-refractivity contribution < 1.29 is 29.1 Å². The highest BCUT2D eigenvalue weighted by Crippen LogP contribution is 2.27. The van der Waals surface area contributed by atoms with Crippen LogP contribution >= 0.6 is 7.82 Å². The third-order valence-corrected chi connectivity index (χ3v) is 1.54. The van der Waals surface area contributed by atoms with Crippen molar-refractivity contribution in [1.82, 2.24) is 0 Å². The van der Waals surface area contributed by atoms with Gasteiger partial charge in [-0.05, 0) is 6.07 Å². The van der Waals surface area contributed by atoms with Crippen molar-refractivity contribution in [2.45, 2.75) is 0 Å². The van der Waals surface area contributed by atoms with Crippen molar-refractivity contribution in [3.05, 3.63) is 38.4 Å². The molecule has 0 atom stereocenters. The number of anilines is 1. The first kappa shape index (κ1) is 16.9. The van der Waals surface area contributed by atoms with Crippen LogP contribution in [-0.2, 0) is 4.57 Å². The lowest BCUT2D eigenvalue weighted by molar-refractivity contribution is -0.393. The Bertz CT molecular complexity index is 520. The minimum absolute atomic E-state index is 0.0283. The Morgan fingerprint density at radius 2 is 1.63 bits per heavy atom. The number of non-ortho nitro benzene ring substituents is 1. The highest BCUT2D eigenvalue weighted by atomic mass is 31.2. The van der Waals surface area contributed by atoms with E-state index in [1.165, 1.54) is 6.07 Å². The molecule has 0 amide bonds. The lowest BCUT2D eigenvalue weighted by atomic mass is 10.2. The van der Waals surface area contributed by atoms with E-state index < -0.39 is 23.4 Å². The number of benzene rings is 1. The van der Waals surface area contributed by atoms with Crippen LogP contribution in [0.15, 0.2) is 18.2 Å². The summed E-state index contributed by atoms with van der Waals surface area (Å²) < 4.78 is 8.88. The van der Waals surface area contributed by atoms with E-state index in [4.69, 9.17) is 25.1 Å². The monoisotopic (exact) mass is 296 g/mol. The van der Waals surface area contributed by atoms with Crippen molar-refractivity contribution in [2.24, 2.45) is 5.84 Å². The molecular weight excluding hydrogens is 287 g/mol. The van der Waals surface area contributed by atoms with Gasteiger partial charge in [0.05, 0.1) is 15.9 Å². The molecule has 0 aromatic heterocycles. The molecule has 1 rings (SSSR count). The summed E-state index contributed by atoms with van der Waals surface area (Å²) in [7, 11) is -4.64. The SMILES string of the molecule is NNc1ccc([N+](=O)[O-])cc1[N+](=O)[O-].O=P(O)(O)O. The molecule has 0 fully saturated rings. The molecule has 13 heteroatoms. The van der Waals surface area contributed by atoms with Crippen molar-refractivity contribution in [1.29, 1.82) is 0 Å². The maximum Gasteiger partial charge on any atom is 0.466 e. The Balaban J connectivity index is 0.000000555. The predicted octanol–water partition coefficient (Wildman–Crippen LogP) is -0.140. The van der Waals surface area contributed by atoms with Gasteiger partial charge < -0.3 is 20.1 Å². The molecule has 0 unspecified atom stereocenters. The van der Waals surface area contributed by atoms with Crippen LogP contribution in [-0.4, -0.2) is 24.5 Å². The molecule has 0 aliphatic rings. The van der Waals surface area contributed by atoms with Crippen LogP contribution in [0.4, 0.5) is 17.1 Å². The second-order valence-corrected chi connectivity index (χ2v) is 3.90. The molecule has 0 bridgehead atoms. The number of rotatable bonds is 3. The summed E-state index contributed by atoms with van der Waals surface area (Å²) in [6.45, 7) is 0. The minimum atomic E-state index is -4.64. The smallest absolute Gasteiger partial charge is 0.318 e. The number of hydrogen-bond donors (Lipinski definition) is 5. The Hall–Kier alpha value is -2.11. The van der Waals surface area contributed by atoms with E-state index in [0.29, 0.717) is 0 Å². The van der Waals surface area contributed by atoms with Gasteiger partial charge in [-0.1, -0.05) is 0 Å². The maximum absolute atomic E-state index is 10.4. The van der Waals surface area contributed by atoms with Gasteiger partial charge in [0.25, 0.3) is 5.69 Å². The fourth-order valence-corrected chi connectivity index (χ4v) is 0.907. The van der Waals surface area contributed by atoms with Gasteiger partial charge in [0.2, 0.25) is 0 Å². The summed E-state index contributed by atoms with van der Waals surface area (Å²) in [4.78, 5) is 40.8. The summed E-state index contributed by atoms with van der Waals surface area (Å²) in [6.07, 6.45) is 0. The molecule has 6 N–H and O–H groups in total. The van der Waals surface area contributed by atoms with Gasteiger partial charge in [-0.2, -0.15) is 0 Å². The first-order chi connectivity index (χ1) is 8.56. The largest absolute Gasteiger partial charge is 0.466 e. The number of nitro groups is 2. The van der Waals surface area contributed by atoms with E-state index in [9.17, 15) is 20.2 Å². The third-order valence-electron chi connectivity index (χ3n) is 1.54. The van der Waals surface area contributed by atoms with Crippen LogP contribution < -0.4 is 11.3 Å². The van der Waals surface area contributed by atoms with E-state index >= 15 is 0 Å². The zero-order valence-corrected chi connectivity index (χ0v) is 9.93. The van der Waals surface area contributed by atoms with Gasteiger partial charge in [-0.25, -0.2) is 4.57 Å². The standard InChI is InChI=1S/C6H6N4O4.H3O4P/c7-8-5-2-1-4(9(11)12)3-6(5)10(13)14;1-5(2,3)4/h1-3,8H,7H2;(H3,1,2,3,4). The van der Waals surface area contributed by atoms with Crippen molar-refractivity contribution in [2.75, 3.05) is 5.43 Å². The predicted molar refractivity (Wildman–Crippen MR) is 61.8 cm³/mol. The molecular formula is C6H9N4O8P. The highest BCUT2D eigenvalue weighted by Gasteiger charge is 2.18. The first-order valence-corrected chi connectivity index (χ1v) is 5.80. The molecule has 0 aliphatic heterocycles. The Morgan fingerprint density at radius 3 is 1.95 bits per heavy atom. The second kappa shape index (κ2) is 6.72. The van der Waals surface area contributed by atoms with Crippen LogP contribution in [0.1, 0.15) is 0 Å². The molecule has 1 aromatic rings. The van der Waals surface area contributed by atoms with E-state index in [-0.39, 0.29) is 11.4 Å². The van der Waals surface area contributed by atoms with Crippen LogP contribution in [0.25, 0.3) is 0 Å². The Labute approximate surface area is 105 Å². The summed E-state index contributed by atoms with van der Waals surface area (Å²) in [5, 5.41) is 20.7. The Kier molecular flexibility index (Phi) is 5.98. The summed E-state index contributed by atoms with van der Waals surface area (Å²) in [5.41, 5.74) is 1.33. The molecule has 0 spiro atoms. The first-order valence-electron chi connectivity index (χ1n) is 4.24. The normalized spacial score (nSPS) is 10.1. The number of hydrogen-bond acceptors (Lipinski definition) is 7. The fourth-order valence-electron chi connectivity index (χ4n) is 0.907. The van der Waals surface area contributed by atoms with Crippen LogP contribution in [0.3, 0.4) is 0 Å². The van der Waals surface area contributed by atoms with Gasteiger partial charge in [0, 0.05) is 6.07 Å². The molecule has 19 heavy (non-hydrogen) atoms. The number of nitro benzene ring substituents is 2. The minimum Gasteiger partial charge on any atom is -0.318 e. The van der Waals surface area contributed by atoms with Crippen molar-refractivity contribution in [3.8, 4) is 0 Å². The van der Waals surface area contributed by atoms with Gasteiger partial charge in [-0.3, -0.25) is 26.1 Å². The number of phosphoric acid groups is 1. The van der Waals surface area contributed by atoms with Gasteiger partial charge in [0.1, 0.15) is 5.69 Å². The van der Waals surface area contributed by atoms with Crippen molar-refractivity contribution in [3.63, 3.8) is 0 Å². The van der Waals surface area contributed by atoms with E-state index in [1.54, 1.807) is 0 Å². The molecule has 1 aromatic carbocycles. The average molecular weight is 296 g/mol. The second-order valence-electron chi connectivity index (χ2n) is 2.87. The zero-order valence-electron chi connectivity index (χ0n) is 9.03. The van der Waals surface area contributed by atoms with Crippen LogP contribution in [0.2, 0.25) is 0 Å². The molecule has 0 saturated carbocycles. The van der Waals surface area contributed by atoms with Gasteiger partial charge in [-0.15, -0.1) is 0 Å². The number of nitrogens with two attached hydrogens (primary N) is 1. The molecule has 12 nitrogen and oxygen atoms in total. The topological polar surface area (TPSA) is 202 Å². The molecule has 106 valence electrons. The maximum atomic E-state index is 10.4. The average Bonchev–Trinajstić information content (AvgIpc) is 2.25. The number of nitrogen functional groups attached to an aromatic ring is 1. The quantitative estimate of drug-likeness (QED) is 0.216. The van der Waals surface area contributed by atoms with Gasteiger partial charge in [0.15, 0.2) is 0 Å². The van der Waals surface area contributed by atoms with Gasteiger partial charge >= 0.3 is 13.5 Å². The summed E-state index contributed by atoms with van der Waals surface area (Å²) in [5.74, 6) is 4.99. The molecule has 0 heterocycles. The zero-order chi connectivity index (χ0) is 15.2. The summed E-state index contributed by atoms with van der Waals surface area (Å²) >= 11 is 0. The lowest BCUT2D eigenvalue weighted by Crippen LogP contribution is -2.09. The van der Waals surface area contributed by atoms with E-state index in [2.05, 4.69) is 5.43 Å². The number of hydrazine groups is 1. The number of nitrogens with one attached hydrogen (secondary N) is 1. The van der Waals surface area contributed by atoms with Crippen LogP contribution in [0.5, 0.6) is 0 Å². The Morgan fingerprint density at radius 1 is 1.16 bits per heavy atom. The van der Waals surface area contributed by atoms with Crippen molar-refractivity contribution >= 4 is 24.9 Å².